The maximum atomic E-state index is 8.64. The maximum Gasteiger partial charge on any atom is 0.142 e. The van der Waals surface area contributed by atoms with Crippen molar-refractivity contribution in [2.24, 2.45) is 5.92 Å². The van der Waals surface area contributed by atoms with Gasteiger partial charge in [0, 0.05) is 18.9 Å². The number of hydrogen-bond acceptors (Lipinski definition) is 4. The van der Waals surface area contributed by atoms with Crippen molar-refractivity contribution < 1.29 is 0 Å². The molecule has 0 aliphatic carbocycles. The lowest BCUT2D eigenvalue weighted by Gasteiger charge is -2.16. The van der Waals surface area contributed by atoms with Gasteiger partial charge in [-0.25, -0.2) is 9.97 Å². The standard InChI is InChI=1S/C10H14N4/c1-9(6-11)7-14(2)8-10-12-4-3-5-13-10/h3-5,9H,7-8H2,1-2H3. The second-order valence-corrected chi connectivity index (χ2v) is 3.39. The quantitative estimate of drug-likeness (QED) is 0.712. The molecule has 1 rings (SSSR count). The molecule has 0 amide bonds. The third-order valence-corrected chi connectivity index (χ3v) is 1.84. The zero-order valence-electron chi connectivity index (χ0n) is 8.51. The fourth-order valence-electron chi connectivity index (χ4n) is 1.23. The molecule has 1 atom stereocenters. The second-order valence-electron chi connectivity index (χ2n) is 3.39. The summed E-state index contributed by atoms with van der Waals surface area (Å²) in [5.41, 5.74) is 0. The topological polar surface area (TPSA) is 52.8 Å². The normalized spacial score (nSPS) is 12.4. The van der Waals surface area contributed by atoms with E-state index in [9.17, 15) is 0 Å². The molecule has 4 heteroatoms. The van der Waals surface area contributed by atoms with Crippen LogP contribution in [-0.4, -0.2) is 28.5 Å². The smallest absolute Gasteiger partial charge is 0.142 e. The predicted molar refractivity (Wildman–Crippen MR) is 53.1 cm³/mol. The number of nitrogens with zero attached hydrogens (tertiary/aromatic N) is 4. The van der Waals surface area contributed by atoms with Crippen molar-refractivity contribution in [1.82, 2.24) is 14.9 Å². The third kappa shape index (κ3) is 3.50. The van der Waals surface area contributed by atoms with Gasteiger partial charge in [-0.3, -0.25) is 4.90 Å². The van der Waals surface area contributed by atoms with Gasteiger partial charge in [0.1, 0.15) is 5.82 Å². The summed E-state index contributed by atoms with van der Waals surface area (Å²) < 4.78 is 0. The molecule has 0 spiro atoms. The SMILES string of the molecule is CC(C#N)CN(C)Cc1ncccn1. The van der Waals surface area contributed by atoms with Crippen molar-refractivity contribution >= 4 is 0 Å². The van der Waals surface area contributed by atoms with Crippen LogP contribution in [0.4, 0.5) is 0 Å². The molecule has 1 aromatic heterocycles. The van der Waals surface area contributed by atoms with Gasteiger partial charge in [-0.1, -0.05) is 0 Å². The van der Waals surface area contributed by atoms with Gasteiger partial charge < -0.3 is 0 Å². The van der Waals surface area contributed by atoms with Crippen LogP contribution in [0.3, 0.4) is 0 Å². The lowest BCUT2D eigenvalue weighted by molar-refractivity contribution is 0.296. The fourth-order valence-corrected chi connectivity index (χ4v) is 1.23. The fraction of sp³-hybridized carbons (Fsp3) is 0.500. The molecule has 1 unspecified atom stereocenters. The third-order valence-electron chi connectivity index (χ3n) is 1.84. The van der Waals surface area contributed by atoms with Crippen molar-refractivity contribution in [3.63, 3.8) is 0 Å². The molecular weight excluding hydrogens is 176 g/mol. The van der Waals surface area contributed by atoms with Crippen molar-refractivity contribution in [3.05, 3.63) is 24.3 Å². The van der Waals surface area contributed by atoms with Crippen LogP contribution in [0.15, 0.2) is 18.5 Å². The summed E-state index contributed by atoms with van der Waals surface area (Å²) in [5.74, 6) is 0.837. The summed E-state index contributed by atoms with van der Waals surface area (Å²) in [7, 11) is 1.96. The van der Waals surface area contributed by atoms with Crippen LogP contribution in [0, 0.1) is 17.2 Å². The Balaban J connectivity index is 2.42. The number of hydrogen-bond donors (Lipinski definition) is 0. The van der Waals surface area contributed by atoms with Crippen molar-refractivity contribution in [2.45, 2.75) is 13.5 Å². The van der Waals surface area contributed by atoms with E-state index >= 15 is 0 Å². The van der Waals surface area contributed by atoms with Gasteiger partial charge in [0.2, 0.25) is 0 Å². The lowest BCUT2D eigenvalue weighted by Crippen LogP contribution is -2.24. The Morgan fingerprint density at radius 3 is 2.71 bits per heavy atom. The Kier molecular flexibility index (Phi) is 4.02. The van der Waals surface area contributed by atoms with Gasteiger partial charge >= 0.3 is 0 Å². The van der Waals surface area contributed by atoms with E-state index in [0.717, 1.165) is 12.4 Å². The molecule has 0 fully saturated rings. The molecule has 0 N–H and O–H groups in total. The van der Waals surface area contributed by atoms with E-state index in [2.05, 4.69) is 16.0 Å². The molecule has 0 radical (unpaired) electrons. The summed E-state index contributed by atoms with van der Waals surface area (Å²) in [6, 6.07) is 3.99. The number of aromatic nitrogens is 2. The van der Waals surface area contributed by atoms with E-state index in [-0.39, 0.29) is 5.92 Å². The number of nitriles is 1. The monoisotopic (exact) mass is 190 g/mol. The van der Waals surface area contributed by atoms with E-state index in [1.165, 1.54) is 0 Å². The van der Waals surface area contributed by atoms with Gasteiger partial charge in [-0.2, -0.15) is 5.26 Å². The van der Waals surface area contributed by atoms with Crippen LogP contribution in [0.2, 0.25) is 0 Å². The zero-order valence-corrected chi connectivity index (χ0v) is 8.51. The average molecular weight is 190 g/mol. The van der Waals surface area contributed by atoms with E-state index in [4.69, 9.17) is 5.26 Å². The van der Waals surface area contributed by atoms with Gasteiger partial charge in [-0.15, -0.1) is 0 Å². The highest BCUT2D eigenvalue weighted by Crippen LogP contribution is 1.99. The summed E-state index contributed by atoms with van der Waals surface area (Å²) in [5, 5.41) is 8.64. The molecule has 0 aliphatic rings. The molecule has 1 aromatic rings. The summed E-state index contributed by atoms with van der Waals surface area (Å²) >= 11 is 0. The van der Waals surface area contributed by atoms with Crippen LogP contribution in [0.25, 0.3) is 0 Å². The highest BCUT2D eigenvalue weighted by Gasteiger charge is 2.06. The minimum absolute atomic E-state index is 0.0451. The Hall–Kier alpha value is -1.47. The molecule has 14 heavy (non-hydrogen) atoms. The summed E-state index contributed by atoms with van der Waals surface area (Å²) in [6.45, 7) is 3.34. The molecular formula is C10H14N4. The molecule has 0 bridgehead atoms. The first-order valence-corrected chi connectivity index (χ1v) is 4.56. The minimum Gasteiger partial charge on any atom is -0.298 e. The molecule has 0 saturated heterocycles. The van der Waals surface area contributed by atoms with E-state index < -0.39 is 0 Å². The Labute approximate surface area is 84.2 Å². The van der Waals surface area contributed by atoms with Crippen LogP contribution in [0.1, 0.15) is 12.7 Å². The summed E-state index contributed by atoms with van der Waals surface area (Å²) in [4.78, 5) is 10.3. The minimum atomic E-state index is 0.0451. The van der Waals surface area contributed by atoms with Crippen molar-refractivity contribution in [2.75, 3.05) is 13.6 Å². The Morgan fingerprint density at radius 1 is 1.50 bits per heavy atom. The van der Waals surface area contributed by atoms with Crippen molar-refractivity contribution in [3.8, 4) is 6.07 Å². The van der Waals surface area contributed by atoms with Gasteiger partial charge in [0.25, 0.3) is 0 Å². The van der Waals surface area contributed by atoms with Gasteiger partial charge in [0.15, 0.2) is 0 Å². The van der Waals surface area contributed by atoms with E-state index in [1.54, 1.807) is 18.5 Å². The van der Waals surface area contributed by atoms with Crippen LogP contribution in [-0.2, 0) is 6.54 Å². The number of rotatable bonds is 4. The molecule has 0 aromatic carbocycles. The lowest BCUT2D eigenvalue weighted by atomic mass is 10.2. The van der Waals surface area contributed by atoms with Crippen LogP contribution in [0.5, 0.6) is 0 Å². The first-order valence-electron chi connectivity index (χ1n) is 4.56. The first kappa shape index (κ1) is 10.6. The van der Waals surface area contributed by atoms with Gasteiger partial charge in [-0.05, 0) is 20.0 Å². The van der Waals surface area contributed by atoms with Crippen LogP contribution >= 0.6 is 0 Å². The Bertz CT molecular complexity index is 304. The molecule has 1 heterocycles. The predicted octanol–water partition coefficient (Wildman–Crippen LogP) is 1.07. The van der Waals surface area contributed by atoms with Crippen molar-refractivity contribution in [1.29, 1.82) is 5.26 Å². The largest absolute Gasteiger partial charge is 0.298 e. The molecule has 74 valence electrons. The van der Waals surface area contributed by atoms with Gasteiger partial charge in [0.05, 0.1) is 18.5 Å². The molecule has 0 saturated carbocycles. The maximum absolute atomic E-state index is 8.64. The zero-order chi connectivity index (χ0) is 10.4. The Morgan fingerprint density at radius 2 is 2.14 bits per heavy atom. The second kappa shape index (κ2) is 5.30. The highest BCUT2D eigenvalue weighted by molar-refractivity contribution is 4.89. The van der Waals surface area contributed by atoms with E-state index in [1.807, 2.05) is 18.9 Å². The molecule has 4 nitrogen and oxygen atoms in total. The highest BCUT2D eigenvalue weighted by atomic mass is 15.1. The first-order chi connectivity index (χ1) is 6.72. The molecule has 0 aliphatic heterocycles. The summed E-state index contributed by atoms with van der Waals surface area (Å²) in [6.07, 6.45) is 3.45. The average Bonchev–Trinajstić information content (AvgIpc) is 2.19. The van der Waals surface area contributed by atoms with E-state index in [0.29, 0.717) is 6.54 Å². The van der Waals surface area contributed by atoms with Crippen LogP contribution < -0.4 is 0 Å².